The fraction of sp³-hybridized carbons (Fsp3) is 0.130. The van der Waals surface area contributed by atoms with E-state index in [0.717, 1.165) is 28.8 Å². The van der Waals surface area contributed by atoms with Crippen LogP contribution in [0.5, 0.6) is 0 Å². The van der Waals surface area contributed by atoms with Gasteiger partial charge < -0.3 is 9.88 Å². The molecule has 0 unspecified atom stereocenters. The Hall–Kier alpha value is -3.71. The van der Waals surface area contributed by atoms with Gasteiger partial charge in [-0.3, -0.25) is 14.9 Å². The zero-order valence-corrected chi connectivity index (χ0v) is 17.7. The first kappa shape index (κ1) is 20.6. The topological polar surface area (TPSA) is 90.1 Å². The first-order chi connectivity index (χ1) is 14.9. The molecule has 0 radical (unpaired) electrons. The third-order valence-electron chi connectivity index (χ3n) is 5.16. The van der Waals surface area contributed by atoms with Crippen LogP contribution in [-0.2, 0) is 13.5 Å². The molecular formula is C23H19ClN4O3. The smallest absolute Gasteiger partial charge is 0.270 e. The first-order valence-corrected chi connectivity index (χ1v) is 10.1. The third kappa shape index (κ3) is 4.00. The van der Waals surface area contributed by atoms with Crippen LogP contribution in [0.15, 0.2) is 60.7 Å². The molecule has 0 aliphatic heterocycles. The number of nitro groups is 1. The molecule has 0 spiro atoms. The number of hydrogen-bond donors (Lipinski definition) is 1. The second kappa shape index (κ2) is 8.20. The van der Waals surface area contributed by atoms with Crippen LogP contribution < -0.4 is 5.32 Å². The van der Waals surface area contributed by atoms with Crippen molar-refractivity contribution in [3.63, 3.8) is 0 Å². The number of imidazole rings is 1. The van der Waals surface area contributed by atoms with Crippen LogP contribution in [0.3, 0.4) is 0 Å². The molecule has 1 aromatic heterocycles. The monoisotopic (exact) mass is 434 g/mol. The number of fused-ring (bicyclic) bond motifs is 1. The minimum atomic E-state index is -0.566. The number of aromatic nitrogens is 2. The highest BCUT2D eigenvalue weighted by Gasteiger charge is 2.17. The molecule has 156 valence electrons. The second-order valence-corrected chi connectivity index (χ2v) is 7.53. The molecule has 7 nitrogen and oxygen atoms in total. The van der Waals surface area contributed by atoms with Crippen molar-refractivity contribution in [3.05, 3.63) is 86.9 Å². The number of nitrogens with one attached hydrogen (secondary N) is 1. The molecule has 4 aromatic rings. The summed E-state index contributed by atoms with van der Waals surface area (Å²) in [5.41, 5.74) is 4.28. The summed E-state index contributed by atoms with van der Waals surface area (Å²) >= 11 is 6.08. The summed E-state index contributed by atoms with van der Waals surface area (Å²) in [7, 11) is 1.92. The molecule has 0 fully saturated rings. The molecule has 8 heteroatoms. The number of aryl methyl sites for hydroxylation is 2. The maximum Gasteiger partial charge on any atom is 0.270 e. The van der Waals surface area contributed by atoms with E-state index in [9.17, 15) is 14.9 Å². The summed E-state index contributed by atoms with van der Waals surface area (Å²) in [5, 5.41) is 13.9. The zero-order valence-electron chi connectivity index (χ0n) is 16.9. The van der Waals surface area contributed by atoms with Gasteiger partial charge in [-0.15, -0.1) is 0 Å². The van der Waals surface area contributed by atoms with E-state index < -0.39 is 10.8 Å². The van der Waals surface area contributed by atoms with Gasteiger partial charge >= 0.3 is 0 Å². The van der Waals surface area contributed by atoms with E-state index in [1.54, 1.807) is 6.07 Å². The van der Waals surface area contributed by atoms with Gasteiger partial charge in [0, 0.05) is 30.4 Å². The number of amides is 1. The van der Waals surface area contributed by atoms with Gasteiger partial charge in [-0.25, -0.2) is 4.98 Å². The van der Waals surface area contributed by atoms with Gasteiger partial charge in [0.05, 0.1) is 26.5 Å². The Kier molecular flexibility index (Phi) is 5.44. The molecule has 0 aliphatic carbocycles. The fourth-order valence-corrected chi connectivity index (χ4v) is 3.62. The van der Waals surface area contributed by atoms with E-state index in [0.29, 0.717) is 5.69 Å². The Bertz CT molecular complexity index is 1310. The number of halogens is 1. The summed E-state index contributed by atoms with van der Waals surface area (Å²) in [5.74, 6) is 0.299. The summed E-state index contributed by atoms with van der Waals surface area (Å²) in [6, 6.07) is 17.4. The summed E-state index contributed by atoms with van der Waals surface area (Å²) in [6.45, 7) is 2.11. The van der Waals surface area contributed by atoms with Gasteiger partial charge in [-0.2, -0.15) is 0 Å². The largest absolute Gasteiger partial charge is 0.327 e. The summed E-state index contributed by atoms with van der Waals surface area (Å²) < 4.78 is 1.96. The van der Waals surface area contributed by atoms with Gasteiger partial charge in [0.25, 0.3) is 11.6 Å². The summed E-state index contributed by atoms with van der Waals surface area (Å²) in [6.07, 6.45) is 0.973. The lowest BCUT2D eigenvalue weighted by molar-refractivity contribution is -0.384. The molecule has 0 bridgehead atoms. The molecule has 3 aromatic carbocycles. The number of nitro benzene ring substituents is 1. The molecule has 0 saturated heterocycles. The molecule has 1 heterocycles. The lowest BCUT2D eigenvalue weighted by Crippen LogP contribution is -2.13. The van der Waals surface area contributed by atoms with Crippen LogP contribution in [0.1, 0.15) is 22.8 Å². The maximum atomic E-state index is 12.7. The Labute approximate surface area is 183 Å². The van der Waals surface area contributed by atoms with E-state index in [1.807, 2.05) is 35.9 Å². The van der Waals surface area contributed by atoms with Crippen LogP contribution in [0.25, 0.3) is 22.4 Å². The zero-order chi connectivity index (χ0) is 22.1. The van der Waals surface area contributed by atoms with Crippen LogP contribution in [0.2, 0.25) is 5.02 Å². The van der Waals surface area contributed by atoms with E-state index in [2.05, 4.69) is 24.4 Å². The normalized spacial score (nSPS) is 10.9. The molecular weight excluding hydrogens is 416 g/mol. The average molecular weight is 435 g/mol. The Morgan fingerprint density at radius 2 is 1.87 bits per heavy atom. The number of nitrogens with zero attached hydrogens (tertiary/aromatic N) is 3. The van der Waals surface area contributed by atoms with Crippen LogP contribution >= 0.6 is 11.6 Å². The average Bonchev–Trinajstić information content (AvgIpc) is 3.10. The SMILES string of the molecule is CCc1ccc(-c2nc3ccc(NC(=O)c4cc([N+](=O)[O-])ccc4Cl)cc3n2C)cc1. The quantitative estimate of drug-likeness (QED) is 0.326. The van der Waals surface area contributed by atoms with E-state index >= 15 is 0 Å². The highest BCUT2D eigenvalue weighted by molar-refractivity contribution is 6.34. The van der Waals surface area contributed by atoms with Gasteiger partial charge in [0.15, 0.2) is 0 Å². The highest BCUT2D eigenvalue weighted by atomic mass is 35.5. The van der Waals surface area contributed by atoms with Crippen molar-refractivity contribution in [3.8, 4) is 11.4 Å². The lowest BCUT2D eigenvalue weighted by Gasteiger charge is -2.08. The standard InChI is InChI=1S/C23H19ClN4O3/c1-3-14-4-6-15(7-5-14)22-26-20-11-8-16(12-21(20)27(22)2)25-23(29)18-13-17(28(30)31)9-10-19(18)24/h4-13H,3H2,1-2H3,(H,25,29). The van der Waals surface area contributed by atoms with E-state index in [-0.39, 0.29) is 16.3 Å². The van der Waals surface area contributed by atoms with Crippen molar-refractivity contribution in [1.82, 2.24) is 9.55 Å². The minimum Gasteiger partial charge on any atom is -0.327 e. The second-order valence-electron chi connectivity index (χ2n) is 7.12. The first-order valence-electron chi connectivity index (χ1n) is 9.68. The molecule has 31 heavy (non-hydrogen) atoms. The number of carbonyl (C=O) groups excluding carboxylic acids is 1. The molecule has 1 N–H and O–H groups in total. The predicted molar refractivity (Wildman–Crippen MR) is 122 cm³/mol. The fourth-order valence-electron chi connectivity index (χ4n) is 3.41. The van der Waals surface area contributed by atoms with E-state index in [1.165, 1.54) is 23.8 Å². The van der Waals surface area contributed by atoms with E-state index in [4.69, 9.17) is 16.6 Å². The molecule has 4 rings (SSSR count). The lowest BCUT2D eigenvalue weighted by atomic mass is 10.1. The predicted octanol–water partition coefficient (Wildman–Crippen LogP) is 5.62. The number of benzene rings is 3. The van der Waals surface area contributed by atoms with Gasteiger partial charge in [0.1, 0.15) is 5.82 Å². The Morgan fingerprint density at radius 3 is 2.55 bits per heavy atom. The van der Waals surface area contributed by atoms with Gasteiger partial charge in [-0.1, -0.05) is 42.8 Å². The molecule has 0 atom stereocenters. The van der Waals surface area contributed by atoms with Gasteiger partial charge in [0.2, 0.25) is 0 Å². The number of non-ortho nitro benzene ring substituents is 1. The van der Waals surface area contributed by atoms with Crippen molar-refractivity contribution in [1.29, 1.82) is 0 Å². The number of rotatable bonds is 5. The Morgan fingerprint density at radius 1 is 1.13 bits per heavy atom. The van der Waals surface area contributed by atoms with Crippen molar-refractivity contribution >= 4 is 39.9 Å². The van der Waals surface area contributed by atoms with Crippen LogP contribution in [0.4, 0.5) is 11.4 Å². The molecule has 1 amide bonds. The number of carbonyl (C=O) groups is 1. The van der Waals surface area contributed by atoms with Crippen LogP contribution in [0, 0.1) is 10.1 Å². The van der Waals surface area contributed by atoms with Crippen molar-refractivity contribution < 1.29 is 9.72 Å². The molecule has 0 aliphatic rings. The molecule has 0 saturated carbocycles. The van der Waals surface area contributed by atoms with Crippen molar-refractivity contribution in [2.45, 2.75) is 13.3 Å². The summed E-state index contributed by atoms with van der Waals surface area (Å²) in [4.78, 5) is 27.8. The highest BCUT2D eigenvalue weighted by Crippen LogP contribution is 2.27. The minimum absolute atomic E-state index is 0.0395. The van der Waals surface area contributed by atoms with Crippen molar-refractivity contribution in [2.24, 2.45) is 7.05 Å². The maximum absolute atomic E-state index is 12.7. The Balaban J connectivity index is 1.65. The van der Waals surface area contributed by atoms with Crippen molar-refractivity contribution in [2.75, 3.05) is 5.32 Å². The van der Waals surface area contributed by atoms with Gasteiger partial charge in [-0.05, 0) is 36.2 Å². The third-order valence-corrected chi connectivity index (χ3v) is 5.49. The van der Waals surface area contributed by atoms with Crippen LogP contribution in [-0.4, -0.2) is 20.4 Å². The number of hydrogen-bond acceptors (Lipinski definition) is 4. The number of anilines is 1.